The molecule has 0 fully saturated rings. The standard InChI is InChI=1S/C12H13ClN4O2S/c1-17(8-12-14-9-15-16-12)20(18,19)7-6-10-2-4-11(13)5-3-10/h2-7,9H,8H2,1H3,(H,14,15,16). The van der Waals surface area contributed by atoms with Crippen molar-refractivity contribution in [2.24, 2.45) is 0 Å². The second-order valence-electron chi connectivity index (χ2n) is 4.09. The molecule has 1 heterocycles. The van der Waals surface area contributed by atoms with E-state index in [0.717, 1.165) is 11.0 Å². The molecule has 0 amide bonds. The second kappa shape index (κ2) is 6.17. The predicted molar refractivity (Wildman–Crippen MR) is 77.3 cm³/mol. The monoisotopic (exact) mass is 312 g/mol. The van der Waals surface area contributed by atoms with E-state index in [1.165, 1.54) is 23.8 Å². The van der Waals surface area contributed by atoms with E-state index in [2.05, 4.69) is 15.2 Å². The minimum atomic E-state index is -3.51. The molecule has 0 radical (unpaired) electrons. The molecule has 6 nitrogen and oxygen atoms in total. The SMILES string of the molecule is CN(Cc1ncn[nH]1)S(=O)(=O)C=Cc1ccc(Cl)cc1. The van der Waals surface area contributed by atoms with Gasteiger partial charge in [0.05, 0.1) is 6.54 Å². The van der Waals surface area contributed by atoms with Gasteiger partial charge in [0, 0.05) is 17.5 Å². The maximum Gasteiger partial charge on any atom is 0.236 e. The summed E-state index contributed by atoms with van der Waals surface area (Å²) in [6, 6.07) is 6.88. The average molecular weight is 313 g/mol. The molecule has 1 aromatic carbocycles. The molecule has 0 atom stereocenters. The first kappa shape index (κ1) is 14.7. The molecule has 2 rings (SSSR count). The molecule has 106 valence electrons. The van der Waals surface area contributed by atoms with Gasteiger partial charge in [-0.25, -0.2) is 13.4 Å². The molecule has 0 unspecified atom stereocenters. The molecular formula is C12H13ClN4O2S. The Morgan fingerprint density at radius 3 is 2.65 bits per heavy atom. The van der Waals surface area contributed by atoms with Crippen LogP contribution in [0.15, 0.2) is 36.0 Å². The van der Waals surface area contributed by atoms with E-state index in [-0.39, 0.29) is 6.54 Å². The highest BCUT2D eigenvalue weighted by Gasteiger charge is 2.15. The maximum atomic E-state index is 12.0. The fourth-order valence-electron chi connectivity index (χ4n) is 1.45. The summed E-state index contributed by atoms with van der Waals surface area (Å²) in [6.45, 7) is 0.132. The highest BCUT2D eigenvalue weighted by atomic mass is 35.5. The minimum Gasteiger partial charge on any atom is -0.262 e. The van der Waals surface area contributed by atoms with Crippen molar-refractivity contribution in [2.75, 3.05) is 7.05 Å². The summed E-state index contributed by atoms with van der Waals surface area (Å²) in [4.78, 5) is 3.89. The van der Waals surface area contributed by atoms with Crippen LogP contribution in [-0.2, 0) is 16.6 Å². The van der Waals surface area contributed by atoms with Crippen LogP contribution in [0.1, 0.15) is 11.4 Å². The van der Waals surface area contributed by atoms with Crippen LogP contribution in [0.2, 0.25) is 5.02 Å². The van der Waals surface area contributed by atoms with Gasteiger partial charge in [-0.05, 0) is 23.8 Å². The zero-order valence-electron chi connectivity index (χ0n) is 10.7. The zero-order chi connectivity index (χ0) is 14.6. The molecule has 20 heavy (non-hydrogen) atoms. The first-order chi connectivity index (χ1) is 9.47. The molecule has 0 saturated heterocycles. The Hall–Kier alpha value is -1.70. The van der Waals surface area contributed by atoms with Crippen LogP contribution in [0.4, 0.5) is 0 Å². The van der Waals surface area contributed by atoms with Crippen LogP contribution in [0.3, 0.4) is 0 Å². The lowest BCUT2D eigenvalue weighted by atomic mass is 10.2. The van der Waals surface area contributed by atoms with E-state index in [1.807, 2.05) is 0 Å². The molecule has 0 aliphatic carbocycles. The van der Waals surface area contributed by atoms with Gasteiger partial charge >= 0.3 is 0 Å². The fraction of sp³-hybridized carbons (Fsp3) is 0.167. The summed E-state index contributed by atoms with van der Waals surface area (Å²) >= 11 is 5.76. The van der Waals surface area contributed by atoms with E-state index in [4.69, 9.17) is 11.6 Å². The Kier molecular flexibility index (Phi) is 4.53. The normalized spacial score (nSPS) is 12.3. The minimum absolute atomic E-state index is 0.132. The molecule has 8 heteroatoms. The maximum absolute atomic E-state index is 12.0. The lowest BCUT2D eigenvalue weighted by molar-refractivity contribution is 0.465. The Morgan fingerprint density at radius 1 is 1.35 bits per heavy atom. The molecule has 0 spiro atoms. The van der Waals surface area contributed by atoms with Gasteiger partial charge in [0.2, 0.25) is 10.0 Å². The van der Waals surface area contributed by atoms with Crippen molar-refractivity contribution in [1.82, 2.24) is 19.5 Å². The van der Waals surface area contributed by atoms with Gasteiger partial charge in [-0.1, -0.05) is 23.7 Å². The Bertz CT molecular complexity index is 681. The number of hydrogen-bond acceptors (Lipinski definition) is 4. The number of nitrogens with zero attached hydrogens (tertiary/aromatic N) is 3. The lowest BCUT2D eigenvalue weighted by Crippen LogP contribution is -2.24. The molecule has 0 saturated carbocycles. The van der Waals surface area contributed by atoms with Crippen LogP contribution in [-0.4, -0.2) is 35.0 Å². The van der Waals surface area contributed by atoms with Crippen LogP contribution < -0.4 is 0 Å². The van der Waals surface area contributed by atoms with Crippen LogP contribution in [0, 0.1) is 0 Å². The number of halogens is 1. The van der Waals surface area contributed by atoms with Crippen molar-refractivity contribution in [3.63, 3.8) is 0 Å². The van der Waals surface area contributed by atoms with Crippen LogP contribution in [0.5, 0.6) is 0 Å². The topological polar surface area (TPSA) is 79.0 Å². The van der Waals surface area contributed by atoms with Gasteiger partial charge in [0.1, 0.15) is 12.2 Å². The number of rotatable bonds is 5. The zero-order valence-corrected chi connectivity index (χ0v) is 12.3. The first-order valence-corrected chi connectivity index (χ1v) is 7.60. The van der Waals surface area contributed by atoms with Gasteiger partial charge in [-0.3, -0.25) is 5.10 Å². The second-order valence-corrected chi connectivity index (χ2v) is 6.45. The Balaban J connectivity index is 2.08. The highest BCUT2D eigenvalue weighted by Crippen LogP contribution is 2.12. The van der Waals surface area contributed by atoms with Crippen LogP contribution in [0.25, 0.3) is 6.08 Å². The third-order valence-corrected chi connectivity index (χ3v) is 4.30. The van der Waals surface area contributed by atoms with Gasteiger partial charge in [-0.15, -0.1) is 0 Å². The van der Waals surface area contributed by atoms with E-state index in [0.29, 0.717) is 10.8 Å². The molecule has 0 aliphatic heterocycles. The van der Waals surface area contributed by atoms with Crippen molar-refractivity contribution >= 4 is 27.7 Å². The highest BCUT2D eigenvalue weighted by molar-refractivity contribution is 7.92. The summed E-state index contributed by atoms with van der Waals surface area (Å²) in [5, 5.41) is 8.03. The van der Waals surface area contributed by atoms with Crippen molar-refractivity contribution in [3.8, 4) is 0 Å². The van der Waals surface area contributed by atoms with Gasteiger partial charge in [-0.2, -0.15) is 9.40 Å². The summed E-state index contributed by atoms with van der Waals surface area (Å²) in [5.41, 5.74) is 0.756. The fourth-order valence-corrected chi connectivity index (χ4v) is 2.42. The third-order valence-electron chi connectivity index (χ3n) is 2.57. The molecule has 2 aromatic rings. The predicted octanol–water partition coefficient (Wildman–Crippen LogP) is 1.89. The van der Waals surface area contributed by atoms with Crippen molar-refractivity contribution in [1.29, 1.82) is 0 Å². The molecule has 1 aromatic heterocycles. The number of benzene rings is 1. The number of hydrogen-bond donors (Lipinski definition) is 1. The molecular weight excluding hydrogens is 300 g/mol. The largest absolute Gasteiger partial charge is 0.262 e. The van der Waals surface area contributed by atoms with Gasteiger partial charge in [0.15, 0.2) is 0 Å². The van der Waals surface area contributed by atoms with E-state index >= 15 is 0 Å². The number of H-pyrrole nitrogens is 1. The number of aromatic amines is 1. The Labute approximate surface area is 122 Å². The van der Waals surface area contributed by atoms with Crippen molar-refractivity contribution in [2.45, 2.75) is 6.54 Å². The summed E-state index contributed by atoms with van der Waals surface area (Å²) in [6.07, 6.45) is 2.85. The number of aromatic nitrogens is 3. The third kappa shape index (κ3) is 3.89. The number of nitrogens with one attached hydrogen (secondary N) is 1. The summed E-state index contributed by atoms with van der Waals surface area (Å²) in [5.74, 6) is 0.482. The van der Waals surface area contributed by atoms with Gasteiger partial charge < -0.3 is 0 Å². The Morgan fingerprint density at radius 2 is 2.05 bits per heavy atom. The molecule has 0 aliphatic rings. The van der Waals surface area contributed by atoms with Crippen molar-refractivity contribution < 1.29 is 8.42 Å². The number of sulfonamides is 1. The summed E-state index contributed by atoms with van der Waals surface area (Å²) in [7, 11) is -2.04. The van der Waals surface area contributed by atoms with E-state index in [1.54, 1.807) is 24.3 Å². The smallest absolute Gasteiger partial charge is 0.236 e. The first-order valence-electron chi connectivity index (χ1n) is 5.71. The van der Waals surface area contributed by atoms with E-state index in [9.17, 15) is 8.42 Å². The lowest BCUT2D eigenvalue weighted by Gasteiger charge is -2.12. The quantitative estimate of drug-likeness (QED) is 0.914. The van der Waals surface area contributed by atoms with Crippen LogP contribution >= 0.6 is 11.6 Å². The van der Waals surface area contributed by atoms with E-state index < -0.39 is 10.0 Å². The molecule has 0 bridgehead atoms. The van der Waals surface area contributed by atoms with Gasteiger partial charge in [0.25, 0.3) is 0 Å². The molecule has 1 N–H and O–H groups in total. The van der Waals surface area contributed by atoms with Crippen molar-refractivity contribution in [3.05, 3.63) is 52.4 Å². The summed E-state index contributed by atoms with van der Waals surface area (Å²) < 4.78 is 25.3. The average Bonchev–Trinajstić information content (AvgIpc) is 2.91.